The van der Waals surface area contributed by atoms with E-state index < -0.39 is 0 Å². The molecule has 2 aromatic heterocycles. The molecule has 3 rings (SSSR count). The zero-order valence-corrected chi connectivity index (χ0v) is 10.2. The molecule has 3 heterocycles. The summed E-state index contributed by atoms with van der Waals surface area (Å²) in [5.41, 5.74) is 1.83. The Bertz CT molecular complexity index is 591. The van der Waals surface area contributed by atoms with Crippen molar-refractivity contribution in [2.24, 2.45) is 0 Å². The molecule has 18 heavy (non-hydrogen) atoms. The van der Waals surface area contributed by atoms with Gasteiger partial charge in [-0.15, -0.1) is 0 Å². The molecule has 1 saturated heterocycles. The number of fused-ring (bicyclic) bond motifs is 1. The summed E-state index contributed by atoms with van der Waals surface area (Å²) in [6, 6.07) is 1.75. The zero-order chi connectivity index (χ0) is 12.5. The van der Waals surface area contributed by atoms with Gasteiger partial charge < -0.3 is 10.6 Å². The van der Waals surface area contributed by atoms with E-state index in [0.717, 1.165) is 30.6 Å². The zero-order valence-electron chi connectivity index (χ0n) is 10.2. The summed E-state index contributed by atoms with van der Waals surface area (Å²) in [6.07, 6.45) is 5.31. The van der Waals surface area contributed by atoms with Gasteiger partial charge in [-0.1, -0.05) is 0 Å². The first-order valence-corrected chi connectivity index (χ1v) is 6.09. The van der Waals surface area contributed by atoms with Crippen LogP contribution in [0.2, 0.25) is 0 Å². The lowest BCUT2D eigenvalue weighted by atomic mass is 10.1. The molecular weight excluding hydrogens is 230 g/mol. The molecule has 0 aliphatic carbocycles. The molecular formula is C12H15N5O. The maximum absolute atomic E-state index is 11.7. The lowest BCUT2D eigenvalue weighted by molar-refractivity contribution is -0.123. The number of piperidine rings is 1. The van der Waals surface area contributed by atoms with Gasteiger partial charge >= 0.3 is 0 Å². The average Bonchev–Trinajstić information content (AvgIpc) is 2.73. The number of hydrogen-bond donors (Lipinski definition) is 2. The molecule has 0 bridgehead atoms. The Kier molecular flexibility index (Phi) is 2.62. The third-order valence-electron chi connectivity index (χ3n) is 3.11. The second-order valence-electron chi connectivity index (χ2n) is 4.52. The van der Waals surface area contributed by atoms with Crippen LogP contribution < -0.4 is 10.6 Å². The maximum Gasteiger partial charge on any atom is 0.242 e. The molecule has 0 saturated carbocycles. The van der Waals surface area contributed by atoms with Crippen molar-refractivity contribution in [2.45, 2.75) is 25.8 Å². The smallest absolute Gasteiger partial charge is 0.242 e. The van der Waals surface area contributed by atoms with Gasteiger partial charge in [0.1, 0.15) is 11.6 Å². The van der Waals surface area contributed by atoms with Crippen molar-refractivity contribution < 1.29 is 4.79 Å². The number of hydrogen-bond acceptors (Lipinski definition) is 4. The first kappa shape index (κ1) is 11.0. The number of nitrogens with zero attached hydrogens (tertiary/aromatic N) is 3. The Morgan fingerprint density at radius 1 is 1.56 bits per heavy atom. The van der Waals surface area contributed by atoms with Crippen molar-refractivity contribution in [1.82, 2.24) is 19.9 Å². The molecule has 1 aliphatic heterocycles. The molecule has 1 amide bonds. The highest BCUT2D eigenvalue weighted by molar-refractivity contribution is 5.86. The summed E-state index contributed by atoms with van der Waals surface area (Å²) >= 11 is 0. The van der Waals surface area contributed by atoms with E-state index in [1.807, 2.05) is 13.0 Å². The van der Waals surface area contributed by atoms with Crippen molar-refractivity contribution in [3.63, 3.8) is 0 Å². The van der Waals surface area contributed by atoms with Gasteiger partial charge in [0.15, 0.2) is 5.82 Å². The Labute approximate surface area is 104 Å². The van der Waals surface area contributed by atoms with E-state index in [2.05, 4.69) is 20.7 Å². The normalized spacial score (nSPS) is 19.8. The molecule has 94 valence electrons. The molecule has 1 atom stereocenters. The van der Waals surface area contributed by atoms with Gasteiger partial charge in [0, 0.05) is 18.9 Å². The summed E-state index contributed by atoms with van der Waals surface area (Å²) in [6.45, 7) is 2.70. The predicted molar refractivity (Wildman–Crippen MR) is 67.4 cm³/mol. The van der Waals surface area contributed by atoms with Crippen LogP contribution in [0.1, 0.15) is 18.5 Å². The van der Waals surface area contributed by atoms with Gasteiger partial charge in [-0.05, 0) is 25.8 Å². The van der Waals surface area contributed by atoms with Crippen molar-refractivity contribution in [3.8, 4) is 0 Å². The monoisotopic (exact) mass is 245 g/mol. The predicted octanol–water partition coefficient (Wildman–Crippen LogP) is 0.728. The average molecular weight is 245 g/mol. The molecule has 6 nitrogen and oxygen atoms in total. The van der Waals surface area contributed by atoms with Gasteiger partial charge in [-0.2, -0.15) is 5.10 Å². The fraction of sp³-hybridized carbons (Fsp3) is 0.417. The Hall–Kier alpha value is -2.11. The molecule has 6 heteroatoms. The van der Waals surface area contributed by atoms with E-state index in [0.29, 0.717) is 5.82 Å². The Morgan fingerprint density at radius 3 is 3.28 bits per heavy atom. The molecule has 0 spiro atoms. The summed E-state index contributed by atoms with van der Waals surface area (Å²) in [5, 5.41) is 10.4. The highest BCUT2D eigenvalue weighted by Crippen LogP contribution is 2.17. The summed E-state index contributed by atoms with van der Waals surface area (Å²) in [7, 11) is 0. The minimum atomic E-state index is -0.201. The summed E-state index contributed by atoms with van der Waals surface area (Å²) < 4.78 is 1.77. The molecule has 2 N–H and O–H groups in total. The number of carbonyl (C=O) groups excluding carboxylic acids is 1. The molecule has 2 aromatic rings. The van der Waals surface area contributed by atoms with Crippen LogP contribution >= 0.6 is 0 Å². The van der Waals surface area contributed by atoms with Crippen LogP contribution in [-0.4, -0.2) is 33.1 Å². The number of amides is 1. The number of aromatic nitrogens is 3. The number of carbonyl (C=O) groups is 1. The van der Waals surface area contributed by atoms with E-state index in [4.69, 9.17) is 0 Å². The van der Waals surface area contributed by atoms with Crippen LogP contribution in [0.5, 0.6) is 0 Å². The minimum Gasteiger partial charge on any atom is -0.357 e. The molecule has 1 aliphatic rings. The SMILES string of the molecule is Cc1cc2c(N[C@H]3CCCNC3=O)nccn2n1. The largest absolute Gasteiger partial charge is 0.357 e. The molecule has 0 radical (unpaired) electrons. The van der Waals surface area contributed by atoms with Gasteiger partial charge in [0.05, 0.1) is 5.69 Å². The fourth-order valence-electron chi connectivity index (χ4n) is 2.23. The van der Waals surface area contributed by atoms with Crippen LogP contribution in [0.25, 0.3) is 5.52 Å². The quantitative estimate of drug-likeness (QED) is 0.818. The topological polar surface area (TPSA) is 71.3 Å². The van der Waals surface area contributed by atoms with E-state index in [-0.39, 0.29) is 11.9 Å². The highest BCUT2D eigenvalue weighted by Gasteiger charge is 2.22. The van der Waals surface area contributed by atoms with E-state index >= 15 is 0 Å². The van der Waals surface area contributed by atoms with Crippen LogP contribution in [0.4, 0.5) is 5.82 Å². The highest BCUT2D eigenvalue weighted by atomic mass is 16.2. The molecule has 1 fully saturated rings. The number of nitrogens with one attached hydrogen (secondary N) is 2. The maximum atomic E-state index is 11.7. The van der Waals surface area contributed by atoms with Crippen LogP contribution in [0, 0.1) is 6.92 Å². The number of anilines is 1. The van der Waals surface area contributed by atoms with E-state index in [9.17, 15) is 4.79 Å². The van der Waals surface area contributed by atoms with E-state index in [1.54, 1.807) is 16.9 Å². The third kappa shape index (κ3) is 1.90. The lowest BCUT2D eigenvalue weighted by Crippen LogP contribution is -2.44. The summed E-state index contributed by atoms with van der Waals surface area (Å²) in [4.78, 5) is 16.0. The number of rotatable bonds is 2. The van der Waals surface area contributed by atoms with Gasteiger partial charge in [-0.3, -0.25) is 4.79 Å². The minimum absolute atomic E-state index is 0.0429. The Balaban J connectivity index is 1.92. The van der Waals surface area contributed by atoms with Crippen LogP contribution in [0.3, 0.4) is 0 Å². The van der Waals surface area contributed by atoms with Crippen molar-refractivity contribution in [1.29, 1.82) is 0 Å². The second kappa shape index (κ2) is 4.29. The van der Waals surface area contributed by atoms with Crippen LogP contribution in [0.15, 0.2) is 18.5 Å². The lowest BCUT2D eigenvalue weighted by Gasteiger charge is -2.23. The van der Waals surface area contributed by atoms with Crippen molar-refractivity contribution >= 4 is 17.2 Å². The molecule has 0 aromatic carbocycles. The fourth-order valence-corrected chi connectivity index (χ4v) is 2.23. The first-order valence-electron chi connectivity index (χ1n) is 6.09. The van der Waals surface area contributed by atoms with Gasteiger partial charge in [0.25, 0.3) is 0 Å². The second-order valence-corrected chi connectivity index (χ2v) is 4.52. The van der Waals surface area contributed by atoms with Gasteiger partial charge in [-0.25, -0.2) is 9.50 Å². The van der Waals surface area contributed by atoms with Crippen LogP contribution in [-0.2, 0) is 4.79 Å². The molecule has 0 unspecified atom stereocenters. The van der Waals surface area contributed by atoms with Crippen molar-refractivity contribution in [3.05, 3.63) is 24.2 Å². The van der Waals surface area contributed by atoms with Gasteiger partial charge in [0.2, 0.25) is 5.91 Å². The van der Waals surface area contributed by atoms with Crippen molar-refractivity contribution in [2.75, 3.05) is 11.9 Å². The van der Waals surface area contributed by atoms with E-state index in [1.165, 1.54) is 0 Å². The first-order chi connectivity index (χ1) is 8.74. The third-order valence-corrected chi connectivity index (χ3v) is 3.11. The standard InChI is InChI=1S/C12H15N5O/c1-8-7-10-11(13-5-6-17(10)16-8)15-9-3-2-4-14-12(9)18/h5-7,9H,2-4H2,1H3,(H,13,15)(H,14,18)/t9-/m0/s1. The Morgan fingerprint density at radius 2 is 2.44 bits per heavy atom. The summed E-state index contributed by atoms with van der Waals surface area (Å²) in [5.74, 6) is 0.751. The number of aryl methyl sites for hydroxylation is 1.